The summed E-state index contributed by atoms with van der Waals surface area (Å²) in [5, 5.41) is 5.81. The second-order valence-electron chi connectivity index (χ2n) is 6.96. The summed E-state index contributed by atoms with van der Waals surface area (Å²) < 4.78 is 11.0. The van der Waals surface area contributed by atoms with E-state index >= 15 is 0 Å². The summed E-state index contributed by atoms with van der Waals surface area (Å²) in [6.07, 6.45) is 0. The number of fused-ring (bicyclic) bond motifs is 1. The fourth-order valence-corrected chi connectivity index (χ4v) is 3.27. The monoisotopic (exact) mass is 402 g/mol. The van der Waals surface area contributed by atoms with Crippen molar-refractivity contribution in [3.8, 4) is 11.5 Å². The van der Waals surface area contributed by atoms with Gasteiger partial charge < -0.3 is 20.1 Å². The molecule has 1 aliphatic rings. The Labute approximate surface area is 174 Å². The minimum absolute atomic E-state index is 0.166. The van der Waals surface area contributed by atoms with Gasteiger partial charge in [0.1, 0.15) is 13.2 Å². The van der Waals surface area contributed by atoms with Gasteiger partial charge in [0.05, 0.1) is 17.3 Å². The molecule has 0 fully saturated rings. The van der Waals surface area contributed by atoms with E-state index in [1.807, 2.05) is 37.3 Å². The van der Waals surface area contributed by atoms with Gasteiger partial charge in [0.25, 0.3) is 11.8 Å². The van der Waals surface area contributed by atoms with Crippen LogP contribution in [-0.4, -0.2) is 25.0 Å². The van der Waals surface area contributed by atoms with Gasteiger partial charge in [-0.1, -0.05) is 42.5 Å². The van der Waals surface area contributed by atoms with Crippen molar-refractivity contribution in [3.05, 3.63) is 89.5 Å². The molecule has 1 atom stereocenters. The van der Waals surface area contributed by atoms with Gasteiger partial charge in [-0.3, -0.25) is 9.59 Å². The van der Waals surface area contributed by atoms with Gasteiger partial charge in [-0.25, -0.2) is 0 Å². The maximum Gasteiger partial charge on any atom is 0.255 e. The first-order valence-corrected chi connectivity index (χ1v) is 9.77. The molecule has 0 radical (unpaired) electrons. The number of nitrogens with one attached hydrogen (secondary N) is 2. The Kier molecular flexibility index (Phi) is 5.66. The summed E-state index contributed by atoms with van der Waals surface area (Å²) in [7, 11) is 0. The number of carbonyl (C=O) groups is 2. The molecule has 152 valence electrons. The third-order valence-corrected chi connectivity index (χ3v) is 4.87. The Morgan fingerprint density at radius 2 is 1.53 bits per heavy atom. The summed E-state index contributed by atoms with van der Waals surface area (Å²) in [4.78, 5) is 25.6. The number of carbonyl (C=O) groups excluding carboxylic acids is 2. The van der Waals surface area contributed by atoms with E-state index in [4.69, 9.17) is 9.47 Å². The van der Waals surface area contributed by atoms with Crippen molar-refractivity contribution in [2.75, 3.05) is 18.5 Å². The molecular weight excluding hydrogens is 380 g/mol. The van der Waals surface area contributed by atoms with Gasteiger partial charge in [-0.15, -0.1) is 0 Å². The third kappa shape index (κ3) is 4.27. The van der Waals surface area contributed by atoms with Crippen LogP contribution in [0.25, 0.3) is 0 Å². The first-order valence-electron chi connectivity index (χ1n) is 9.77. The lowest BCUT2D eigenvalue weighted by atomic mass is 10.1. The van der Waals surface area contributed by atoms with Gasteiger partial charge in [0, 0.05) is 5.56 Å². The van der Waals surface area contributed by atoms with Crippen LogP contribution in [0.5, 0.6) is 11.5 Å². The van der Waals surface area contributed by atoms with Crippen molar-refractivity contribution < 1.29 is 19.1 Å². The Hall–Kier alpha value is -3.80. The van der Waals surface area contributed by atoms with Gasteiger partial charge in [-0.05, 0) is 42.8 Å². The van der Waals surface area contributed by atoms with E-state index < -0.39 is 0 Å². The molecule has 0 saturated heterocycles. The van der Waals surface area contributed by atoms with Gasteiger partial charge in [0.2, 0.25) is 0 Å². The van der Waals surface area contributed by atoms with Crippen LogP contribution in [0, 0.1) is 0 Å². The van der Waals surface area contributed by atoms with E-state index in [-0.39, 0.29) is 17.9 Å². The highest BCUT2D eigenvalue weighted by atomic mass is 16.6. The first kappa shape index (κ1) is 19.5. The maximum atomic E-state index is 12.9. The number of rotatable bonds is 5. The Balaban J connectivity index is 1.50. The largest absolute Gasteiger partial charge is 0.486 e. The molecule has 0 saturated carbocycles. The van der Waals surface area contributed by atoms with Crippen LogP contribution in [-0.2, 0) is 0 Å². The molecule has 2 N–H and O–H groups in total. The van der Waals surface area contributed by atoms with E-state index in [9.17, 15) is 9.59 Å². The van der Waals surface area contributed by atoms with E-state index in [2.05, 4.69) is 10.6 Å². The van der Waals surface area contributed by atoms with Crippen LogP contribution in [0.15, 0.2) is 72.8 Å². The maximum absolute atomic E-state index is 12.9. The zero-order valence-corrected chi connectivity index (χ0v) is 16.6. The van der Waals surface area contributed by atoms with Crippen LogP contribution < -0.4 is 20.1 Å². The molecule has 30 heavy (non-hydrogen) atoms. The average Bonchev–Trinajstić information content (AvgIpc) is 2.79. The van der Waals surface area contributed by atoms with Crippen molar-refractivity contribution in [1.29, 1.82) is 0 Å². The number of benzene rings is 3. The van der Waals surface area contributed by atoms with Crippen molar-refractivity contribution in [2.45, 2.75) is 13.0 Å². The molecule has 1 aliphatic heterocycles. The smallest absolute Gasteiger partial charge is 0.255 e. The molecule has 0 aromatic heterocycles. The predicted molar refractivity (Wildman–Crippen MR) is 114 cm³/mol. The molecule has 4 rings (SSSR count). The topological polar surface area (TPSA) is 76.7 Å². The molecule has 3 aromatic rings. The number of hydrogen-bond acceptors (Lipinski definition) is 4. The Morgan fingerprint density at radius 1 is 0.833 bits per heavy atom. The number of hydrogen-bond donors (Lipinski definition) is 2. The van der Waals surface area contributed by atoms with Crippen LogP contribution >= 0.6 is 0 Å². The number of anilines is 1. The zero-order valence-electron chi connectivity index (χ0n) is 16.6. The molecule has 3 aromatic carbocycles. The fraction of sp³-hybridized carbons (Fsp3) is 0.167. The number of para-hydroxylation sites is 1. The van der Waals surface area contributed by atoms with Crippen LogP contribution in [0.3, 0.4) is 0 Å². The van der Waals surface area contributed by atoms with E-state index in [1.165, 1.54) is 0 Å². The molecular formula is C24H22N2O4. The average molecular weight is 402 g/mol. The summed E-state index contributed by atoms with van der Waals surface area (Å²) in [5.74, 6) is 0.567. The molecule has 0 aliphatic carbocycles. The van der Waals surface area contributed by atoms with Crippen LogP contribution in [0.2, 0.25) is 0 Å². The van der Waals surface area contributed by atoms with Gasteiger partial charge >= 0.3 is 0 Å². The molecule has 6 heteroatoms. The van der Waals surface area contributed by atoms with Gasteiger partial charge in [0.15, 0.2) is 11.5 Å². The van der Waals surface area contributed by atoms with E-state index in [0.717, 1.165) is 5.56 Å². The first-order chi connectivity index (χ1) is 14.6. The second-order valence-corrected chi connectivity index (χ2v) is 6.96. The van der Waals surface area contributed by atoms with Crippen LogP contribution in [0.4, 0.5) is 5.69 Å². The summed E-state index contributed by atoms with van der Waals surface area (Å²) in [6, 6.07) is 21.5. The Morgan fingerprint density at radius 3 is 2.33 bits per heavy atom. The van der Waals surface area contributed by atoms with Crippen molar-refractivity contribution in [2.24, 2.45) is 0 Å². The summed E-state index contributed by atoms with van der Waals surface area (Å²) in [5.41, 5.74) is 2.26. The fourth-order valence-electron chi connectivity index (χ4n) is 3.27. The summed E-state index contributed by atoms with van der Waals surface area (Å²) >= 11 is 0. The quantitative estimate of drug-likeness (QED) is 0.671. The molecule has 0 unspecified atom stereocenters. The third-order valence-electron chi connectivity index (χ3n) is 4.87. The van der Waals surface area contributed by atoms with Crippen molar-refractivity contribution in [3.63, 3.8) is 0 Å². The van der Waals surface area contributed by atoms with Crippen molar-refractivity contribution in [1.82, 2.24) is 5.32 Å². The lowest BCUT2D eigenvalue weighted by Crippen LogP contribution is -2.28. The second kappa shape index (κ2) is 8.69. The van der Waals surface area contributed by atoms with Gasteiger partial charge in [-0.2, -0.15) is 0 Å². The minimum Gasteiger partial charge on any atom is -0.486 e. The number of ether oxygens (including phenoxy) is 2. The predicted octanol–water partition coefficient (Wildman–Crippen LogP) is 4.20. The highest BCUT2D eigenvalue weighted by molar-refractivity contribution is 6.09. The molecule has 6 nitrogen and oxygen atoms in total. The lowest BCUT2D eigenvalue weighted by molar-refractivity contribution is 0.0941. The highest BCUT2D eigenvalue weighted by Crippen LogP contribution is 2.31. The number of amides is 2. The molecule has 1 heterocycles. The molecule has 0 spiro atoms. The molecule has 0 bridgehead atoms. The SMILES string of the molecule is C[C@@H](NC(=O)c1ccccc1NC(=O)c1ccc2c(c1)OCCO2)c1ccccc1. The van der Waals surface area contributed by atoms with E-state index in [0.29, 0.717) is 41.5 Å². The normalized spacial score (nSPS) is 13.2. The van der Waals surface area contributed by atoms with E-state index in [1.54, 1.807) is 42.5 Å². The van der Waals surface area contributed by atoms with Crippen molar-refractivity contribution >= 4 is 17.5 Å². The molecule has 2 amide bonds. The van der Waals surface area contributed by atoms with Crippen LogP contribution in [0.1, 0.15) is 39.2 Å². The zero-order chi connectivity index (χ0) is 20.9. The minimum atomic E-state index is -0.330. The Bertz CT molecular complexity index is 1070. The highest BCUT2D eigenvalue weighted by Gasteiger charge is 2.18. The lowest BCUT2D eigenvalue weighted by Gasteiger charge is -2.19. The summed E-state index contributed by atoms with van der Waals surface area (Å²) in [6.45, 7) is 2.85. The standard InChI is InChI=1S/C24H22N2O4/c1-16(17-7-3-2-4-8-17)25-24(28)19-9-5-6-10-20(19)26-23(27)18-11-12-21-22(15-18)30-14-13-29-21/h2-12,15-16H,13-14H2,1H3,(H,25,28)(H,26,27)/t16-/m1/s1.